The van der Waals surface area contributed by atoms with Crippen molar-refractivity contribution in [3.05, 3.63) is 36.5 Å². The molecule has 0 aliphatic heterocycles. The Labute approximate surface area is 494 Å². The summed E-state index contributed by atoms with van der Waals surface area (Å²) >= 11 is 0. The molecule has 0 aromatic carbocycles. The second kappa shape index (κ2) is 68.6. The van der Waals surface area contributed by atoms with Crippen molar-refractivity contribution in [2.75, 3.05) is 13.2 Å². The number of esters is 1. The summed E-state index contributed by atoms with van der Waals surface area (Å²) in [7, 11) is 0. The molecular formula is C73H139NO5. The second-order valence-corrected chi connectivity index (χ2v) is 24.6. The van der Waals surface area contributed by atoms with E-state index in [0.29, 0.717) is 19.4 Å². The zero-order valence-corrected chi connectivity index (χ0v) is 53.4. The first kappa shape index (κ1) is 77.1. The number of aliphatic hydroxyl groups excluding tert-OH is 2. The van der Waals surface area contributed by atoms with Gasteiger partial charge in [0.25, 0.3) is 0 Å². The SMILES string of the molecule is CCCCCC/C=C\C/C=C\CCCCCCCCCC(=O)OCCCCCCCCCCCCCCCCCCCCCCCCCCCCCCCCCCCC(=O)NC(CO)C(O)/C=C/CCCCCCCCCCC. The second-order valence-electron chi connectivity index (χ2n) is 24.6. The number of aliphatic hydroxyl groups is 2. The van der Waals surface area contributed by atoms with Crippen LogP contribution < -0.4 is 5.32 Å². The van der Waals surface area contributed by atoms with E-state index < -0.39 is 12.1 Å². The van der Waals surface area contributed by atoms with Crippen molar-refractivity contribution in [1.29, 1.82) is 0 Å². The predicted molar refractivity (Wildman–Crippen MR) is 347 cm³/mol. The van der Waals surface area contributed by atoms with E-state index in [1.165, 1.54) is 315 Å². The highest BCUT2D eigenvalue weighted by atomic mass is 16.5. The molecule has 6 heteroatoms. The van der Waals surface area contributed by atoms with Crippen LogP contribution in [0.15, 0.2) is 36.5 Å². The molecule has 0 fully saturated rings. The van der Waals surface area contributed by atoms with Gasteiger partial charge in [-0.1, -0.05) is 352 Å². The molecule has 0 aromatic rings. The summed E-state index contributed by atoms with van der Waals surface area (Å²) in [6.45, 7) is 4.90. The van der Waals surface area contributed by atoms with Gasteiger partial charge in [-0.2, -0.15) is 0 Å². The van der Waals surface area contributed by atoms with Gasteiger partial charge >= 0.3 is 5.97 Å². The molecule has 79 heavy (non-hydrogen) atoms. The van der Waals surface area contributed by atoms with Crippen LogP contribution in [-0.2, 0) is 14.3 Å². The molecule has 2 atom stereocenters. The average molecular weight is 1110 g/mol. The third-order valence-corrected chi connectivity index (χ3v) is 16.7. The Balaban J connectivity index is 3.30. The van der Waals surface area contributed by atoms with Gasteiger partial charge in [0.1, 0.15) is 0 Å². The van der Waals surface area contributed by atoms with Gasteiger partial charge in [-0.25, -0.2) is 0 Å². The molecule has 3 N–H and O–H groups in total. The fourth-order valence-corrected chi connectivity index (χ4v) is 11.2. The standard InChI is InChI=1S/C73H139NO5/c1-3-5-7-9-11-13-15-16-17-18-37-40-43-47-51-55-59-63-67-73(78)79-68-64-60-56-52-48-44-41-38-35-33-31-29-27-25-23-21-19-20-22-24-26-28-30-32-34-36-39-42-46-50-54-58-62-66-72(77)74-70(69-75)71(76)65-61-57-53-49-45-14-12-10-8-6-4-2/h13,15,17-18,61,65,70-71,75-76H,3-12,14,16,19-60,62-64,66-69H2,1-2H3,(H,74,77)/b15-13-,18-17-,65-61+. The summed E-state index contributed by atoms with van der Waals surface area (Å²) in [6.07, 6.45) is 88.2. The summed E-state index contributed by atoms with van der Waals surface area (Å²) in [6, 6.07) is -0.623. The maximum Gasteiger partial charge on any atom is 0.305 e. The topological polar surface area (TPSA) is 95.9 Å². The van der Waals surface area contributed by atoms with Gasteiger partial charge in [-0.05, 0) is 64.2 Å². The first-order valence-corrected chi connectivity index (χ1v) is 35.8. The van der Waals surface area contributed by atoms with Crippen molar-refractivity contribution >= 4 is 11.9 Å². The number of ether oxygens (including phenoxy) is 1. The normalized spacial score (nSPS) is 12.7. The highest BCUT2D eigenvalue weighted by molar-refractivity contribution is 5.76. The van der Waals surface area contributed by atoms with Crippen LogP contribution in [0.5, 0.6) is 0 Å². The Morgan fingerprint density at radius 1 is 0.354 bits per heavy atom. The molecule has 2 unspecified atom stereocenters. The zero-order chi connectivity index (χ0) is 57.1. The largest absolute Gasteiger partial charge is 0.466 e. The van der Waals surface area contributed by atoms with Gasteiger partial charge in [0.15, 0.2) is 0 Å². The van der Waals surface area contributed by atoms with Crippen LogP contribution in [0.3, 0.4) is 0 Å². The lowest BCUT2D eigenvalue weighted by molar-refractivity contribution is -0.143. The summed E-state index contributed by atoms with van der Waals surface area (Å²) in [4.78, 5) is 24.5. The van der Waals surface area contributed by atoms with Crippen LogP contribution in [-0.4, -0.2) is 47.4 Å². The van der Waals surface area contributed by atoms with Gasteiger partial charge in [-0.3, -0.25) is 9.59 Å². The summed E-state index contributed by atoms with van der Waals surface area (Å²) in [5, 5.41) is 23.1. The third-order valence-electron chi connectivity index (χ3n) is 16.7. The Morgan fingerprint density at radius 3 is 0.975 bits per heavy atom. The van der Waals surface area contributed by atoms with E-state index in [1.807, 2.05) is 6.08 Å². The molecule has 0 spiro atoms. The fourth-order valence-electron chi connectivity index (χ4n) is 11.2. The molecule has 6 nitrogen and oxygen atoms in total. The fraction of sp³-hybridized carbons (Fsp3) is 0.890. The number of carbonyl (C=O) groups is 2. The Kier molecular flexibility index (Phi) is 66.9. The Hall–Kier alpha value is -1.92. The molecular weight excluding hydrogens is 971 g/mol. The van der Waals surface area contributed by atoms with Gasteiger partial charge in [-0.15, -0.1) is 0 Å². The highest BCUT2D eigenvalue weighted by Crippen LogP contribution is 2.19. The van der Waals surface area contributed by atoms with Gasteiger partial charge in [0.2, 0.25) is 5.91 Å². The number of unbranched alkanes of at least 4 members (excludes halogenated alkanes) is 52. The lowest BCUT2D eigenvalue weighted by Crippen LogP contribution is -2.45. The smallest absolute Gasteiger partial charge is 0.305 e. The van der Waals surface area contributed by atoms with E-state index in [-0.39, 0.29) is 18.5 Å². The number of allylic oxidation sites excluding steroid dienone is 5. The average Bonchev–Trinajstić information content (AvgIpc) is 3.45. The van der Waals surface area contributed by atoms with Crippen LogP contribution in [0.4, 0.5) is 0 Å². The number of hydrogen-bond donors (Lipinski definition) is 3. The number of carbonyl (C=O) groups excluding carboxylic acids is 2. The summed E-state index contributed by atoms with van der Waals surface area (Å²) < 4.78 is 5.51. The van der Waals surface area contributed by atoms with Crippen LogP contribution in [0.1, 0.15) is 393 Å². The Bertz CT molecular complexity index is 1280. The third kappa shape index (κ3) is 65.1. The molecule has 0 saturated carbocycles. The minimum Gasteiger partial charge on any atom is -0.466 e. The number of amides is 1. The molecule has 0 bridgehead atoms. The number of hydrogen-bond acceptors (Lipinski definition) is 5. The van der Waals surface area contributed by atoms with E-state index in [1.54, 1.807) is 6.08 Å². The highest BCUT2D eigenvalue weighted by Gasteiger charge is 2.18. The molecule has 0 radical (unpaired) electrons. The van der Waals surface area contributed by atoms with E-state index in [2.05, 4.69) is 43.5 Å². The van der Waals surface area contributed by atoms with Gasteiger partial charge in [0.05, 0.1) is 25.4 Å². The lowest BCUT2D eigenvalue weighted by Gasteiger charge is -2.20. The molecule has 1 amide bonds. The maximum absolute atomic E-state index is 12.4. The van der Waals surface area contributed by atoms with Crippen molar-refractivity contribution < 1.29 is 24.5 Å². The first-order valence-electron chi connectivity index (χ1n) is 35.8. The summed E-state index contributed by atoms with van der Waals surface area (Å²) in [5.74, 6) is -0.0487. The van der Waals surface area contributed by atoms with E-state index >= 15 is 0 Å². The van der Waals surface area contributed by atoms with E-state index in [9.17, 15) is 19.8 Å². The molecule has 0 rings (SSSR count). The zero-order valence-electron chi connectivity index (χ0n) is 53.4. The molecule has 0 heterocycles. The van der Waals surface area contributed by atoms with Crippen molar-refractivity contribution in [2.45, 2.75) is 405 Å². The first-order chi connectivity index (χ1) is 39.0. The quantitative estimate of drug-likeness (QED) is 0.0320. The minimum absolute atomic E-state index is 0.0144. The van der Waals surface area contributed by atoms with Crippen molar-refractivity contribution in [2.24, 2.45) is 0 Å². The number of rotatable bonds is 67. The summed E-state index contributed by atoms with van der Waals surface area (Å²) in [5.41, 5.74) is 0. The van der Waals surface area contributed by atoms with Crippen LogP contribution in [0.25, 0.3) is 0 Å². The maximum atomic E-state index is 12.4. The lowest BCUT2D eigenvalue weighted by atomic mass is 10.0. The van der Waals surface area contributed by atoms with Crippen LogP contribution >= 0.6 is 0 Å². The minimum atomic E-state index is -0.839. The predicted octanol–water partition coefficient (Wildman–Crippen LogP) is 23.1. The molecule has 0 saturated heterocycles. The van der Waals surface area contributed by atoms with Gasteiger partial charge in [0, 0.05) is 12.8 Å². The van der Waals surface area contributed by atoms with Gasteiger partial charge < -0.3 is 20.3 Å². The van der Waals surface area contributed by atoms with E-state index in [0.717, 1.165) is 51.4 Å². The van der Waals surface area contributed by atoms with Crippen molar-refractivity contribution in [1.82, 2.24) is 5.32 Å². The molecule has 0 aromatic heterocycles. The number of nitrogens with one attached hydrogen (secondary N) is 1. The van der Waals surface area contributed by atoms with E-state index in [4.69, 9.17) is 4.74 Å². The molecule has 0 aliphatic rings. The monoisotopic (exact) mass is 1110 g/mol. The van der Waals surface area contributed by atoms with Crippen molar-refractivity contribution in [3.8, 4) is 0 Å². The van der Waals surface area contributed by atoms with Crippen LogP contribution in [0.2, 0.25) is 0 Å². The van der Waals surface area contributed by atoms with Crippen molar-refractivity contribution in [3.63, 3.8) is 0 Å². The molecule has 0 aliphatic carbocycles. The molecule has 466 valence electrons. The van der Waals surface area contributed by atoms with Crippen LogP contribution in [0, 0.1) is 0 Å². The Morgan fingerprint density at radius 2 is 0.633 bits per heavy atom.